The molecule has 0 bridgehead atoms. The number of esters is 1. The van der Waals surface area contributed by atoms with Gasteiger partial charge in [0.25, 0.3) is 0 Å². The Labute approximate surface area is 103 Å². The molecular formula is C9H16N2O4S. The number of hydrogen-bond donors (Lipinski definition) is 0. The van der Waals surface area contributed by atoms with Crippen molar-refractivity contribution in [2.24, 2.45) is 4.99 Å². The van der Waals surface area contributed by atoms with Gasteiger partial charge in [-0.3, -0.25) is 4.79 Å². The number of carbonyl (C=O) groups excluding carboxylic acids is 2. The molecule has 0 saturated heterocycles. The van der Waals surface area contributed by atoms with Gasteiger partial charge in [-0.1, -0.05) is 11.8 Å². The third-order valence-corrected chi connectivity index (χ3v) is 2.06. The molecule has 1 amide bonds. The third kappa shape index (κ3) is 5.59. The Morgan fingerprint density at radius 3 is 2.69 bits per heavy atom. The monoisotopic (exact) mass is 251 g/mol. The van der Waals surface area contributed by atoms with E-state index in [1.54, 1.807) is 6.92 Å². The van der Waals surface area contributed by atoms with Crippen molar-refractivity contribution in [3.8, 4) is 0 Å². The lowest BCUT2D eigenvalue weighted by molar-refractivity contribution is -0.140. The van der Waals surface area contributed by atoms with Crippen LogP contribution in [0.2, 0.25) is 0 Å². The molecule has 0 aliphatic rings. The first-order valence-electron chi connectivity index (χ1n) is 5.90. The van der Waals surface area contributed by atoms with Gasteiger partial charge in [-0.25, -0.2) is 4.79 Å². The van der Waals surface area contributed by atoms with Crippen LogP contribution in [0.4, 0.5) is 4.79 Å². The maximum atomic E-state index is 11.2. The van der Waals surface area contributed by atoms with Gasteiger partial charge >= 0.3 is 12.1 Å². The van der Waals surface area contributed by atoms with E-state index in [9.17, 15) is 9.59 Å². The number of aliphatic imine (C=N–C) groups is 1. The van der Waals surface area contributed by atoms with E-state index < -0.39 is 25.6 Å². The molecule has 0 aliphatic heterocycles. The fourth-order valence-corrected chi connectivity index (χ4v) is 1.16. The van der Waals surface area contributed by atoms with Crippen LogP contribution in [0.3, 0.4) is 0 Å². The van der Waals surface area contributed by atoms with Gasteiger partial charge in [0.05, 0.1) is 13.7 Å². The maximum Gasteiger partial charge on any atom is 0.436 e. The number of likely N-dealkylation sites (N-methyl/N-ethyl adjacent to an activating group) is 1. The predicted octanol–water partition coefficient (Wildman–Crippen LogP) is 0.967. The molecule has 7 heteroatoms. The second kappa shape index (κ2) is 7.98. The highest BCUT2D eigenvalue weighted by Crippen LogP contribution is 2.04. The molecule has 0 heterocycles. The van der Waals surface area contributed by atoms with Gasteiger partial charge in [0, 0.05) is 11.1 Å². The van der Waals surface area contributed by atoms with Crippen molar-refractivity contribution in [2.45, 2.75) is 6.92 Å². The summed E-state index contributed by atoms with van der Waals surface area (Å²) in [6, 6.07) is 0. The topological polar surface area (TPSA) is 68.2 Å². The van der Waals surface area contributed by atoms with Crippen LogP contribution in [0, 0.1) is 0 Å². The van der Waals surface area contributed by atoms with E-state index in [1.165, 1.54) is 6.26 Å². The van der Waals surface area contributed by atoms with Crippen molar-refractivity contribution in [2.75, 3.05) is 33.5 Å². The number of carbonyl (C=O) groups is 2. The smallest absolute Gasteiger partial charge is 0.436 e. The zero-order chi connectivity index (χ0) is 15.1. The average molecular weight is 251 g/mol. The molecule has 0 aromatic heterocycles. The molecule has 0 N–H and O–H groups in total. The second-order valence-electron chi connectivity index (χ2n) is 2.46. The molecule has 0 aliphatic carbocycles. The highest BCUT2D eigenvalue weighted by atomic mass is 32.2. The number of thioether (sulfide) groups is 1. The number of amides is 1. The molecule has 0 unspecified atom stereocenters. The summed E-state index contributed by atoms with van der Waals surface area (Å²) in [5.74, 6) is -0.748. The average Bonchev–Trinajstić information content (AvgIpc) is 2.32. The van der Waals surface area contributed by atoms with Crippen LogP contribution in [0.15, 0.2) is 4.99 Å². The Kier molecular flexibility index (Phi) is 4.96. The molecule has 92 valence electrons. The Hall–Kier alpha value is -1.24. The Morgan fingerprint density at radius 2 is 2.25 bits per heavy atom. The number of rotatable bonds is 3. The first-order chi connectivity index (χ1) is 8.76. The summed E-state index contributed by atoms with van der Waals surface area (Å²) in [5, 5.41) is -0.135. The maximum absolute atomic E-state index is 11.2. The van der Waals surface area contributed by atoms with E-state index >= 15 is 0 Å². The van der Waals surface area contributed by atoms with E-state index in [4.69, 9.17) is 4.11 Å². The molecule has 16 heavy (non-hydrogen) atoms. The summed E-state index contributed by atoms with van der Waals surface area (Å²) < 4.78 is 31.0. The van der Waals surface area contributed by atoms with E-state index in [1.807, 2.05) is 0 Å². The summed E-state index contributed by atoms with van der Waals surface area (Å²) in [6.45, 7) is -1.44. The summed E-state index contributed by atoms with van der Waals surface area (Å²) in [6.07, 6.45) is 0.625. The summed E-state index contributed by atoms with van der Waals surface area (Å²) in [7, 11) is 1.14. The van der Waals surface area contributed by atoms with Crippen molar-refractivity contribution in [1.82, 2.24) is 4.90 Å². The molecule has 0 spiro atoms. The fourth-order valence-electron chi connectivity index (χ4n) is 0.711. The predicted molar refractivity (Wildman–Crippen MR) is 62.6 cm³/mol. The van der Waals surface area contributed by atoms with Crippen molar-refractivity contribution in [3.05, 3.63) is 0 Å². The first kappa shape index (κ1) is 9.95. The van der Waals surface area contributed by atoms with Gasteiger partial charge in [-0.2, -0.15) is 4.99 Å². The normalized spacial score (nSPS) is 14.4. The van der Waals surface area contributed by atoms with Gasteiger partial charge in [0.15, 0.2) is 5.17 Å². The van der Waals surface area contributed by atoms with Gasteiger partial charge in [-0.05, 0) is 13.2 Å². The molecule has 0 aromatic rings. The number of methoxy groups -OCH3 is 1. The Morgan fingerprint density at radius 1 is 1.56 bits per heavy atom. The number of nitrogens with zero attached hydrogens (tertiary/aromatic N) is 2. The standard InChI is InChI=1S/C9H16N2O4S/c1-5-15-9(13)10-8(16-4)11(2)6-7(12)14-3/h5-6H2,1-4H3/i2D3. The van der Waals surface area contributed by atoms with Crippen molar-refractivity contribution in [1.29, 1.82) is 0 Å². The lowest BCUT2D eigenvalue weighted by Gasteiger charge is -2.17. The highest BCUT2D eigenvalue weighted by Gasteiger charge is 2.12. The van der Waals surface area contributed by atoms with Gasteiger partial charge < -0.3 is 14.4 Å². The van der Waals surface area contributed by atoms with E-state index in [0.717, 1.165) is 18.9 Å². The lowest BCUT2D eigenvalue weighted by Crippen LogP contribution is -2.31. The first-order valence-corrected chi connectivity index (χ1v) is 5.62. The lowest BCUT2D eigenvalue weighted by atomic mass is 10.6. The zero-order valence-electron chi connectivity index (χ0n) is 12.3. The Balaban J connectivity index is 5.19. The zero-order valence-corrected chi connectivity index (χ0v) is 10.2. The molecule has 0 saturated carbocycles. The van der Waals surface area contributed by atoms with Crippen molar-refractivity contribution >= 4 is 29.0 Å². The van der Waals surface area contributed by atoms with Crippen LogP contribution in [0.1, 0.15) is 11.0 Å². The van der Waals surface area contributed by atoms with Crippen LogP contribution in [-0.2, 0) is 14.3 Å². The molecule has 0 rings (SSSR count). The number of amidine groups is 1. The summed E-state index contributed by atoms with van der Waals surface area (Å²) in [5.41, 5.74) is 0. The van der Waals surface area contributed by atoms with E-state index in [2.05, 4.69) is 14.5 Å². The molecular weight excluding hydrogens is 232 g/mol. The largest absolute Gasteiger partial charge is 0.468 e. The molecule has 0 aromatic carbocycles. The van der Waals surface area contributed by atoms with E-state index in [0.29, 0.717) is 4.90 Å². The number of hydrogen-bond acceptors (Lipinski definition) is 5. The van der Waals surface area contributed by atoms with Gasteiger partial charge in [-0.15, -0.1) is 0 Å². The van der Waals surface area contributed by atoms with Crippen LogP contribution in [0.5, 0.6) is 0 Å². The summed E-state index contributed by atoms with van der Waals surface area (Å²) >= 11 is 0.919. The van der Waals surface area contributed by atoms with E-state index in [-0.39, 0.29) is 11.8 Å². The van der Waals surface area contributed by atoms with Crippen molar-refractivity contribution in [3.63, 3.8) is 0 Å². The van der Waals surface area contributed by atoms with Crippen LogP contribution in [-0.4, -0.2) is 55.6 Å². The Bertz CT molecular complexity index is 360. The van der Waals surface area contributed by atoms with Gasteiger partial charge in [0.2, 0.25) is 0 Å². The quantitative estimate of drug-likeness (QED) is 0.423. The summed E-state index contributed by atoms with van der Waals surface area (Å²) in [4.78, 5) is 26.7. The van der Waals surface area contributed by atoms with Crippen LogP contribution < -0.4 is 0 Å². The molecule has 0 fully saturated rings. The minimum Gasteiger partial charge on any atom is -0.468 e. The highest BCUT2D eigenvalue weighted by molar-refractivity contribution is 8.13. The fraction of sp³-hybridized carbons (Fsp3) is 0.667. The van der Waals surface area contributed by atoms with Crippen LogP contribution >= 0.6 is 11.8 Å². The number of ether oxygens (including phenoxy) is 2. The SMILES string of the molecule is [2H]C([2H])([2H])N(CC(=O)OC)C(=NC(=O)OCC)SC. The minimum absolute atomic E-state index is 0.120. The third-order valence-electron chi connectivity index (χ3n) is 1.38. The van der Waals surface area contributed by atoms with Gasteiger partial charge in [0.1, 0.15) is 6.54 Å². The molecule has 6 nitrogen and oxygen atoms in total. The minimum atomic E-state index is -2.62. The second-order valence-corrected chi connectivity index (χ2v) is 3.23. The van der Waals surface area contributed by atoms with Crippen molar-refractivity contribution < 1.29 is 23.2 Å². The molecule has 0 atom stereocenters. The van der Waals surface area contributed by atoms with Crippen LogP contribution in [0.25, 0.3) is 0 Å². The molecule has 0 radical (unpaired) electrons.